The highest BCUT2D eigenvalue weighted by molar-refractivity contribution is 5.79. The molecule has 3 rings (SSSR count). The number of hydrogen-bond donors (Lipinski definition) is 1. The van der Waals surface area contributed by atoms with E-state index < -0.39 is 0 Å². The summed E-state index contributed by atoms with van der Waals surface area (Å²) in [4.78, 5) is 4.46. The number of hydrogen-bond acceptors (Lipinski definition) is 4. The zero-order chi connectivity index (χ0) is 14.7. The van der Waals surface area contributed by atoms with Crippen LogP contribution in [-0.4, -0.2) is 38.0 Å². The molecule has 4 nitrogen and oxygen atoms in total. The molecule has 0 spiro atoms. The fraction of sp³-hybridized carbons (Fsp3) is 0.471. The van der Waals surface area contributed by atoms with Crippen LogP contribution in [0, 0.1) is 0 Å². The van der Waals surface area contributed by atoms with Gasteiger partial charge in [-0.2, -0.15) is 0 Å². The summed E-state index contributed by atoms with van der Waals surface area (Å²) < 4.78 is 11.4. The number of aromatic nitrogens is 1. The SMILES string of the molecule is CNC(c1ccc2cccnc2c1)C1(OC)CCOCC1. The van der Waals surface area contributed by atoms with Crippen LogP contribution in [0.15, 0.2) is 36.5 Å². The second-order valence-corrected chi connectivity index (χ2v) is 5.56. The van der Waals surface area contributed by atoms with Gasteiger partial charge in [0.2, 0.25) is 0 Å². The van der Waals surface area contributed by atoms with Crippen molar-refractivity contribution < 1.29 is 9.47 Å². The average Bonchev–Trinajstić information content (AvgIpc) is 2.56. The minimum absolute atomic E-state index is 0.137. The molecule has 1 aromatic heterocycles. The molecule has 0 bridgehead atoms. The van der Waals surface area contributed by atoms with Crippen molar-refractivity contribution in [3.05, 3.63) is 42.1 Å². The summed E-state index contributed by atoms with van der Waals surface area (Å²) in [5.74, 6) is 0. The van der Waals surface area contributed by atoms with E-state index >= 15 is 0 Å². The van der Waals surface area contributed by atoms with Crippen molar-refractivity contribution >= 4 is 10.9 Å². The van der Waals surface area contributed by atoms with E-state index in [1.54, 1.807) is 7.11 Å². The van der Waals surface area contributed by atoms with Gasteiger partial charge < -0.3 is 14.8 Å². The Morgan fingerprint density at radius 2 is 2.10 bits per heavy atom. The lowest BCUT2D eigenvalue weighted by molar-refractivity contribution is -0.110. The molecule has 4 heteroatoms. The third-order valence-electron chi connectivity index (χ3n) is 4.52. The van der Waals surface area contributed by atoms with Crippen LogP contribution in [0.4, 0.5) is 0 Å². The number of fused-ring (bicyclic) bond motifs is 1. The topological polar surface area (TPSA) is 43.4 Å². The Kier molecular flexibility index (Phi) is 4.19. The van der Waals surface area contributed by atoms with Crippen LogP contribution < -0.4 is 5.32 Å². The molecule has 0 radical (unpaired) electrons. The fourth-order valence-electron chi connectivity index (χ4n) is 3.32. The highest BCUT2D eigenvalue weighted by atomic mass is 16.5. The van der Waals surface area contributed by atoms with Crippen LogP contribution in [-0.2, 0) is 9.47 Å². The summed E-state index contributed by atoms with van der Waals surface area (Å²) in [6.07, 6.45) is 3.63. The molecule has 2 aromatic rings. The van der Waals surface area contributed by atoms with Crippen molar-refractivity contribution in [2.45, 2.75) is 24.5 Å². The average molecular weight is 286 g/mol. The van der Waals surface area contributed by atoms with Crippen molar-refractivity contribution in [2.75, 3.05) is 27.4 Å². The maximum absolute atomic E-state index is 5.94. The second-order valence-electron chi connectivity index (χ2n) is 5.56. The minimum atomic E-state index is -0.213. The maximum Gasteiger partial charge on any atom is 0.0916 e. The van der Waals surface area contributed by atoms with Gasteiger partial charge in [0, 0.05) is 44.7 Å². The number of rotatable bonds is 4. The Balaban J connectivity index is 2.00. The zero-order valence-corrected chi connectivity index (χ0v) is 12.6. The van der Waals surface area contributed by atoms with Gasteiger partial charge in [0.15, 0.2) is 0 Å². The largest absolute Gasteiger partial charge is 0.381 e. The third-order valence-corrected chi connectivity index (χ3v) is 4.52. The maximum atomic E-state index is 5.94. The van der Waals surface area contributed by atoms with Gasteiger partial charge in [0.1, 0.15) is 0 Å². The van der Waals surface area contributed by atoms with Gasteiger partial charge >= 0.3 is 0 Å². The highest BCUT2D eigenvalue weighted by Gasteiger charge is 2.40. The van der Waals surface area contributed by atoms with Gasteiger partial charge in [0.25, 0.3) is 0 Å². The standard InChI is InChI=1S/C17H22N2O2/c1-18-16(17(20-2)7-10-21-11-8-17)14-6-5-13-4-3-9-19-15(13)12-14/h3-6,9,12,16,18H,7-8,10-11H2,1-2H3. The Morgan fingerprint density at radius 1 is 1.29 bits per heavy atom. The fourth-order valence-corrected chi connectivity index (χ4v) is 3.32. The molecule has 1 saturated heterocycles. The minimum Gasteiger partial charge on any atom is -0.381 e. The summed E-state index contributed by atoms with van der Waals surface area (Å²) in [7, 11) is 3.79. The third kappa shape index (κ3) is 2.67. The van der Waals surface area contributed by atoms with E-state index in [0.717, 1.165) is 37.0 Å². The first-order valence-corrected chi connectivity index (χ1v) is 7.44. The van der Waals surface area contributed by atoms with Crippen LogP contribution in [0.3, 0.4) is 0 Å². The Labute approximate surface area is 125 Å². The van der Waals surface area contributed by atoms with Crippen molar-refractivity contribution in [1.82, 2.24) is 10.3 Å². The molecule has 1 atom stereocenters. The number of nitrogens with zero attached hydrogens (tertiary/aromatic N) is 1. The lowest BCUT2D eigenvalue weighted by Gasteiger charge is -2.42. The molecule has 112 valence electrons. The summed E-state index contributed by atoms with van der Waals surface area (Å²) >= 11 is 0. The van der Waals surface area contributed by atoms with Crippen LogP contribution in [0.5, 0.6) is 0 Å². The van der Waals surface area contributed by atoms with Crippen LogP contribution in [0.1, 0.15) is 24.4 Å². The van der Waals surface area contributed by atoms with Gasteiger partial charge in [-0.25, -0.2) is 0 Å². The molecule has 0 amide bonds. The Morgan fingerprint density at radius 3 is 2.81 bits per heavy atom. The van der Waals surface area contributed by atoms with E-state index in [2.05, 4.69) is 34.6 Å². The Hall–Kier alpha value is -1.49. The normalized spacial score (nSPS) is 19.5. The molecule has 1 aliphatic heterocycles. The van der Waals surface area contributed by atoms with Gasteiger partial charge in [-0.3, -0.25) is 4.98 Å². The second kappa shape index (κ2) is 6.10. The van der Waals surface area contributed by atoms with Crippen molar-refractivity contribution in [3.8, 4) is 0 Å². The molecule has 1 aliphatic rings. The number of nitrogens with one attached hydrogen (secondary N) is 1. The number of ether oxygens (including phenoxy) is 2. The zero-order valence-electron chi connectivity index (χ0n) is 12.6. The van der Waals surface area contributed by atoms with Crippen LogP contribution in [0.2, 0.25) is 0 Å². The molecular weight excluding hydrogens is 264 g/mol. The van der Waals surface area contributed by atoms with Gasteiger partial charge in [-0.05, 0) is 24.7 Å². The summed E-state index contributed by atoms with van der Waals surface area (Å²) in [6, 6.07) is 10.6. The van der Waals surface area contributed by atoms with Crippen LogP contribution in [0.25, 0.3) is 10.9 Å². The molecule has 21 heavy (non-hydrogen) atoms. The number of benzene rings is 1. The number of likely N-dealkylation sites (N-methyl/N-ethyl adjacent to an activating group) is 1. The summed E-state index contributed by atoms with van der Waals surface area (Å²) in [6.45, 7) is 1.50. The lowest BCUT2D eigenvalue weighted by atomic mass is 9.82. The van der Waals surface area contributed by atoms with E-state index in [0.29, 0.717) is 0 Å². The first-order chi connectivity index (χ1) is 10.3. The number of methoxy groups -OCH3 is 1. The predicted molar refractivity (Wildman–Crippen MR) is 83.3 cm³/mol. The first-order valence-electron chi connectivity index (χ1n) is 7.44. The van der Waals surface area contributed by atoms with Crippen LogP contribution >= 0.6 is 0 Å². The molecule has 0 saturated carbocycles. The Bertz CT molecular complexity index is 609. The quantitative estimate of drug-likeness (QED) is 0.938. The van der Waals surface area contributed by atoms with E-state index in [4.69, 9.17) is 9.47 Å². The molecule has 1 fully saturated rings. The molecule has 2 heterocycles. The molecule has 1 N–H and O–H groups in total. The summed E-state index contributed by atoms with van der Waals surface area (Å²) in [5.41, 5.74) is 2.02. The lowest BCUT2D eigenvalue weighted by Crippen LogP contribution is -2.48. The van der Waals surface area contributed by atoms with Crippen molar-refractivity contribution in [2.24, 2.45) is 0 Å². The van der Waals surface area contributed by atoms with Crippen molar-refractivity contribution in [3.63, 3.8) is 0 Å². The van der Waals surface area contributed by atoms with Gasteiger partial charge in [-0.1, -0.05) is 18.2 Å². The number of pyridine rings is 1. The molecule has 1 aromatic carbocycles. The van der Waals surface area contributed by atoms with E-state index in [-0.39, 0.29) is 11.6 Å². The van der Waals surface area contributed by atoms with Gasteiger partial charge in [-0.15, -0.1) is 0 Å². The highest BCUT2D eigenvalue weighted by Crippen LogP contribution is 2.37. The van der Waals surface area contributed by atoms with E-state index in [1.807, 2.05) is 19.3 Å². The molecule has 0 aliphatic carbocycles. The first kappa shape index (κ1) is 14.4. The molecular formula is C17H22N2O2. The van der Waals surface area contributed by atoms with Crippen molar-refractivity contribution in [1.29, 1.82) is 0 Å². The van der Waals surface area contributed by atoms with E-state index in [1.165, 1.54) is 5.56 Å². The predicted octanol–water partition coefficient (Wildman–Crippen LogP) is 2.69. The summed E-state index contributed by atoms with van der Waals surface area (Å²) in [5, 5.41) is 4.60. The monoisotopic (exact) mass is 286 g/mol. The molecule has 1 unspecified atom stereocenters. The van der Waals surface area contributed by atoms with Gasteiger partial charge in [0.05, 0.1) is 17.2 Å². The van der Waals surface area contributed by atoms with E-state index in [9.17, 15) is 0 Å². The smallest absolute Gasteiger partial charge is 0.0916 e.